The van der Waals surface area contributed by atoms with Crippen molar-refractivity contribution in [3.05, 3.63) is 51.8 Å². The Kier molecular flexibility index (Phi) is 4.17. The van der Waals surface area contributed by atoms with Crippen molar-refractivity contribution in [1.82, 2.24) is 4.98 Å². The van der Waals surface area contributed by atoms with E-state index in [9.17, 15) is 18.0 Å². The Labute approximate surface area is 155 Å². The number of halogens is 3. The van der Waals surface area contributed by atoms with Crippen LogP contribution in [0.4, 0.5) is 18.9 Å². The lowest BCUT2D eigenvalue weighted by Crippen LogP contribution is -2.06. The number of aromatic nitrogens is 1. The van der Waals surface area contributed by atoms with Gasteiger partial charge >= 0.3 is 6.18 Å². The van der Waals surface area contributed by atoms with Gasteiger partial charge in [-0.1, -0.05) is 19.9 Å². The van der Waals surface area contributed by atoms with Crippen LogP contribution in [0.3, 0.4) is 0 Å². The molecule has 142 valence electrons. The molecule has 27 heavy (non-hydrogen) atoms. The predicted molar refractivity (Wildman–Crippen MR) is 99.5 cm³/mol. The number of fused-ring (bicyclic) bond motifs is 2. The van der Waals surface area contributed by atoms with Crippen LogP contribution in [0.2, 0.25) is 0 Å². The summed E-state index contributed by atoms with van der Waals surface area (Å²) in [6, 6.07) is 3.40. The van der Waals surface area contributed by atoms with E-state index in [2.05, 4.69) is 24.1 Å². The summed E-state index contributed by atoms with van der Waals surface area (Å²) in [4.78, 5) is 15.9. The first-order valence-corrected chi connectivity index (χ1v) is 9.24. The number of nitrogens with one attached hydrogen (secondary N) is 2. The fourth-order valence-electron chi connectivity index (χ4n) is 4.16. The summed E-state index contributed by atoms with van der Waals surface area (Å²) in [5.74, 6) is -0.0712. The molecule has 0 atom stereocenters. The summed E-state index contributed by atoms with van der Waals surface area (Å²) < 4.78 is 38.8. The molecule has 0 radical (unpaired) electrons. The number of anilines is 1. The van der Waals surface area contributed by atoms with Crippen molar-refractivity contribution >= 4 is 23.2 Å². The number of rotatable bonds is 2. The highest BCUT2D eigenvalue weighted by Crippen LogP contribution is 2.40. The van der Waals surface area contributed by atoms with E-state index in [4.69, 9.17) is 0 Å². The van der Waals surface area contributed by atoms with Crippen molar-refractivity contribution in [2.24, 2.45) is 0 Å². The van der Waals surface area contributed by atoms with E-state index < -0.39 is 11.7 Å². The third-order valence-corrected chi connectivity index (χ3v) is 5.36. The Morgan fingerprint density at radius 2 is 1.89 bits per heavy atom. The number of H-pyrrole nitrogens is 1. The number of alkyl halides is 3. The van der Waals surface area contributed by atoms with Crippen molar-refractivity contribution in [3.63, 3.8) is 0 Å². The second-order valence-corrected chi connectivity index (χ2v) is 7.54. The van der Waals surface area contributed by atoms with Crippen LogP contribution in [0.5, 0.6) is 0 Å². The van der Waals surface area contributed by atoms with Gasteiger partial charge in [-0.2, -0.15) is 13.2 Å². The zero-order valence-corrected chi connectivity index (χ0v) is 15.3. The third kappa shape index (κ3) is 3.07. The Morgan fingerprint density at radius 3 is 2.59 bits per heavy atom. The molecule has 4 rings (SSSR count). The Bertz CT molecular complexity index is 951. The van der Waals surface area contributed by atoms with E-state index in [0.29, 0.717) is 17.1 Å². The maximum atomic E-state index is 12.9. The van der Waals surface area contributed by atoms with Gasteiger partial charge in [0.1, 0.15) is 0 Å². The number of carbonyl (C=O) groups is 1. The van der Waals surface area contributed by atoms with Gasteiger partial charge in [0.25, 0.3) is 5.91 Å². The van der Waals surface area contributed by atoms with Crippen LogP contribution in [0.25, 0.3) is 11.6 Å². The summed E-state index contributed by atoms with van der Waals surface area (Å²) in [6.07, 6.45) is 1.68. The maximum Gasteiger partial charge on any atom is 0.416 e. The molecule has 1 aromatic carbocycles. The van der Waals surface area contributed by atoms with Gasteiger partial charge in [0.05, 0.1) is 11.1 Å². The molecule has 3 nitrogen and oxygen atoms in total. The van der Waals surface area contributed by atoms with Crippen LogP contribution < -0.4 is 5.32 Å². The van der Waals surface area contributed by atoms with Gasteiger partial charge < -0.3 is 10.3 Å². The lowest BCUT2D eigenvalue weighted by molar-refractivity contribution is -0.137. The molecule has 0 saturated heterocycles. The molecule has 1 aromatic heterocycles. The third-order valence-electron chi connectivity index (χ3n) is 5.36. The van der Waals surface area contributed by atoms with Crippen molar-refractivity contribution in [2.45, 2.75) is 51.6 Å². The standard InChI is InChI=1S/C21H21F3N2O/c1-11(2)19-14-5-3-4-6-16(14)25-18(19)10-15-13-8-7-12(21(22,23)24)9-17(13)26-20(15)27/h7-11,25H,3-6H2,1-2H3,(H,26,27). The van der Waals surface area contributed by atoms with Crippen LogP contribution in [-0.4, -0.2) is 10.9 Å². The van der Waals surface area contributed by atoms with Crippen molar-refractivity contribution < 1.29 is 18.0 Å². The van der Waals surface area contributed by atoms with Gasteiger partial charge in [-0.15, -0.1) is 0 Å². The molecule has 0 unspecified atom stereocenters. The quantitative estimate of drug-likeness (QED) is 0.667. The minimum atomic E-state index is -4.43. The summed E-state index contributed by atoms with van der Waals surface area (Å²) in [5, 5.41) is 2.57. The summed E-state index contributed by atoms with van der Waals surface area (Å²) in [5.41, 5.74) is 5.04. The molecule has 2 N–H and O–H groups in total. The first-order chi connectivity index (χ1) is 12.8. The molecular formula is C21H21F3N2O. The molecule has 0 saturated carbocycles. The topological polar surface area (TPSA) is 44.9 Å². The molecule has 2 aliphatic rings. The van der Waals surface area contributed by atoms with Crippen molar-refractivity contribution in [3.8, 4) is 0 Å². The predicted octanol–water partition coefficient (Wildman–Crippen LogP) is 5.53. The van der Waals surface area contributed by atoms with Crippen LogP contribution in [0.1, 0.15) is 66.2 Å². The van der Waals surface area contributed by atoms with Crippen LogP contribution in [0, 0.1) is 0 Å². The normalized spacial score (nSPS) is 18.0. The van der Waals surface area contributed by atoms with E-state index in [1.165, 1.54) is 22.9 Å². The zero-order valence-electron chi connectivity index (χ0n) is 15.3. The van der Waals surface area contributed by atoms with Gasteiger partial charge in [-0.3, -0.25) is 4.79 Å². The largest absolute Gasteiger partial charge is 0.416 e. The van der Waals surface area contributed by atoms with Gasteiger partial charge in [-0.25, -0.2) is 0 Å². The minimum Gasteiger partial charge on any atom is -0.358 e. The van der Waals surface area contributed by atoms with E-state index in [0.717, 1.165) is 43.5 Å². The van der Waals surface area contributed by atoms with Crippen LogP contribution >= 0.6 is 0 Å². The fraction of sp³-hybridized carbons (Fsp3) is 0.381. The SMILES string of the molecule is CC(C)c1c(C=C2C(=O)Nc3cc(C(F)(F)F)ccc32)[nH]c2c1CCCC2. The highest BCUT2D eigenvalue weighted by molar-refractivity contribution is 6.34. The van der Waals surface area contributed by atoms with Gasteiger partial charge in [0, 0.05) is 22.6 Å². The summed E-state index contributed by atoms with van der Waals surface area (Å²) in [6.45, 7) is 4.25. The number of aromatic amines is 1. The van der Waals surface area contributed by atoms with Gasteiger partial charge in [-0.05, 0) is 60.9 Å². The number of hydrogen-bond donors (Lipinski definition) is 2. The Balaban J connectivity index is 1.81. The number of aryl methyl sites for hydroxylation is 1. The molecule has 1 amide bonds. The van der Waals surface area contributed by atoms with E-state index >= 15 is 0 Å². The molecule has 0 fully saturated rings. The second kappa shape index (κ2) is 6.29. The second-order valence-electron chi connectivity index (χ2n) is 7.54. The lowest BCUT2D eigenvalue weighted by atomic mass is 9.89. The number of carbonyl (C=O) groups excluding carboxylic acids is 1. The summed E-state index contributed by atoms with van der Waals surface area (Å²) in [7, 11) is 0. The van der Waals surface area contributed by atoms with E-state index in [-0.39, 0.29) is 11.6 Å². The summed E-state index contributed by atoms with van der Waals surface area (Å²) >= 11 is 0. The average Bonchev–Trinajstić information content (AvgIpc) is 3.11. The molecule has 1 aliphatic carbocycles. The fourth-order valence-corrected chi connectivity index (χ4v) is 4.16. The van der Waals surface area contributed by atoms with E-state index in [1.807, 2.05) is 0 Å². The molecular weight excluding hydrogens is 353 g/mol. The number of amides is 1. The van der Waals surface area contributed by atoms with Crippen molar-refractivity contribution in [1.29, 1.82) is 0 Å². The smallest absolute Gasteiger partial charge is 0.358 e. The zero-order chi connectivity index (χ0) is 19.3. The highest BCUT2D eigenvalue weighted by Gasteiger charge is 2.34. The molecule has 1 aliphatic heterocycles. The maximum absolute atomic E-state index is 12.9. The average molecular weight is 374 g/mol. The van der Waals surface area contributed by atoms with Crippen LogP contribution in [0.15, 0.2) is 18.2 Å². The molecule has 2 heterocycles. The molecule has 0 spiro atoms. The Morgan fingerprint density at radius 1 is 1.15 bits per heavy atom. The molecule has 6 heteroatoms. The van der Waals surface area contributed by atoms with E-state index in [1.54, 1.807) is 6.08 Å². The van der Waals surface area contributed by atoms with Gasteiger partial charge in [0.2, 0.25) is 0 Å². The number of benzene rings is 1. The Hall–Kier alpha value is -2.50. The highest BCUT2D eigenvalue weighted by atomic mass is 19.4. The number of hydrogen-bond acceptors (Lipinski definition) is 1. The lowest BCUT2D eigenvalue weighted by Gasteiger charge is -2.14. The van der Waals surface area contributed by atoms with Crippen molar-refractivity contribution in [2.75, 3.05) is 5.32 Å². The first-order valence-electron chi connectivity index (χ1n) is 9.24. The minimum absolute atomic E-state index is 0.212. The molecule has 0 bridgehead atoms. The molecule has 2 aromatic rings. The van der Waals surface area contributed by atoms with Gasteiger partial charge in [0.15, 0.2) is 0 Å². The first kappa shape index (κ1) is 17.9. The van der Waals surface area contributed by atoms with Crippen LogP contribution in [-0.2, 0) is 23.8 Å². The monoisotopic (exact) mass is 374 g/mol.